The van der Waals surface area contributed by atoms with Crippen LogP contribution in [-0.2, 0) is 16.4 Å². The number of aromatic nitrogens is 4. The molecule has 7 nitrogen and oxygen atoms in total. The number of halogens is 1. The molecule has 1 aromatic heterocycles. The molecule has 0 unspecified atom stereocenters. The highest BCUT2D eigenvalue weighted by atomic mass is 32.2. The van der Waals surface area contributed by atoms with Gasteiger partial charge < -0.3 is 0 Å². The first kappa shape index (κ1) is 20.6. The van der Waals surface area contributed by atoms with Gasteiger partial charge in [0.15, 0.2) is 5.82 Å². The highest BCUT2D eigenvalue weighted by Crippen LogP contribution is 2.31. The van der Waals surface area contributed by atoms with Crippen LogP contribution in [0.25, 0.3) is 17.1 Å². The molecule has 158 valence electrons. The van der Waals surface area contributed by atoms with Crippen LogP contribution in [0.4, 0.5) is 4.39 Å². The minimum atomic E-state index is -3.62. The molecule has 2 aromatic carbocycles. The van der Waals surface area contributed by atoms with E-state index in [1.54, 1.807) is 30.3 Å². The van der Waals surface area contributed by atoms with Crippen LogP contribution in [0.1, 0.15) is 37.7 Å². The molecule has 0 spiro atoms. The van der Waals surface area contributed by atoms with Gasteiger partial charge in [0.1, 0.15) is 5.69 Å². The largest absolute Gasteiger partial charge is 0.240 e. The number of sulfonamides is 1. The summed E-state index contributed by atoms with van der Waals surface area (Å²) in [6.45, 7) is 0. The lowest BCUT2D eigenvalue weighted by Crippen LogP contribution is -2.19. The zero-order valence-electron chi connectivity index (χ0n) is 16.8. The summed E-state index contributed by atoms with van der Waals surface area (Å²) >= 11 is 0. The molecule has 1 aliphatic rings. The zero-order chi connectivity index (χ0) is 21.1. The Kier molecular flexibility index (Phi) is 5.92. The summed E-state index contributed by atoms with van der Waals surface area (Å²) in [5.41, 5.74) is 1.77. The van der Waals surface area contributed by atoms with E-state index in [1.807, 2.05) is 6.07 Å². The summed E-state index contributed by atoms with van der Waals surface area (Å²) in [6.07, 6.45) is 6.84. The first-order valence-corrected chi connectivity index (χ1v) is 11.6. The van der Waals surface area contributed by atoms with Crippen molar-refractivity contribution in [3.63, 3.8) is 0 Å². The molecule has 1 aliphatic carbocycles. The Labute approximate surface area is 175 Å². The second-order valence-corrected chi connectivity index (χ2v) is 9.48. The Morgan fingerprint density at radius 1 is 1.13 bits per heavy atom. The highest BCUT2D eigenvalue weighted by Gasteiger charge is 2.21. The van der Waals surface area contributed by atoms with Crippen molar-refractivity contribution in [2.24, 2.45) is 5.92 Å². The Morgan fingerprint density at radius 2 is 1.90 bits per heavy atom. The van der Waals surface area contributed by atoms with Gasteiger partial charge in [-0.05, 0) is 54.4 Å². The van der Waals surface area contributed by atoms with Gasteiger partial charge in [0.05, 0.1) is 4.90 Å². The third kappa shape index (κ3) is 4.27. The topological polar surface area (TPSA) is 89.8 Å². The molecule has 0 aliphatic heterocycles. The maximum atomic E-state index is 14.1. The van der Waals surface area contributed by atoms with Crippen LogP contribution < -0.4 is 4.72 Å². The average molecular weight is 430 g/mol. The predicted octanol–water partition coefficient (Wildman–Crippen LogP) is 3.50. The van der Waals surface area contributed by atoms with Gasteiger partial charge in [-0.25, -0.2) is 17.5 Å². The van der Waals surface area contributed by atoms with E-state index in [0.29, 0.717) is 11.5 Å². The lowest BCUT2D eigenvalue weighted by molar-refractivity contribution is 0.357. The number of nitrogens with one attached hydrogen (secondary N) is 1. The molecule has 0 radical (unpaired) electrons. The van der Waals surface area contributed by atoms with E-state index in [0.717, 1.165) is 29.6 Å². The minimum Gasteiger partial charge on any atom is -0.214 e. The van der Waals surface area contributed by atoms with Gasteiger partial charge in [-0.15, -0.1) is 15.0 Å². The molecule has 3 aromatic rings. The van der Waals surface area contributed by atoms with Crippen molar-refractivity contribution in [2.75, 3.05) is 7.05 Å². The summed E-state index contributed by atoms with van der Waals surface area (Å²) in [5.74, 6) is 0.360. The summed E-state index contributed by atoms with van der Waals surface area (Å²) in [6, 6.07) is 11.2. The van der Waals surface area contributed by atoms with Gasteiger partial charge in [0, 0.05) is 5.56 Å². The van der Waals surface area contributed by atoms with Crippen molar-refractivity contribution >= 4 is 10.0 Å². The molecule has 0 saturated heterocycles. The Morgan fingerprint density at radius 3 is 2.63 bits per heavy atom. The number of hydrogen-bond donors (Lipinski definition) is 1. The number of tetrazole rings is 1. The van der Waals surface area contributed by atoms with Crippen LogP contribution in [-0.4, -0.2) is 35.7 Å². The van der Waals surface area contributed by atoms with Crippen LogP contribution in [0.5, 0.6) is 0 Å². The van der Waals surface area contributed by atoms with Gasteiger partial charge in [-0.1, -0.05) is 50.3 Å². The Balaban J connectivity index is 1.76. The number of nitrogens with zero attached hydrogens (tertiary/aromatic N) is 4. The summed E-state index contributed by atoms with van der Waals surface area (Å²) in [5, 5.41) is 12.5. The zero-order valence-corrected chi connectivity index (χ0v) is 17.6. The van der Waals surface area contributed by atoms with Crippen LogP contribution >= 0.6 is 0 Å². The van der Waals surface area contributed by atoms with Gasteiger partial charge in [0.2, 0.25) is 15.8 Å². The van der Waals surface area contributed by atoms with Crippen LogP contribution in [0.2, 0.25) is 0 Å². The molecule has 1 saturated carbocycles. The van der Waals surface area contributed by atoms with Gasteiger partial charge in [0.25, 0.3) is 0 Å². The fourth-order valence-electron chi connectivity index (χ4n) is 3.97. The molecule has 1 N–H and O–H groups in total. The van der Waals surface area contributed by atoms with Crippen molar-refractivity contribution in [1.29, 1.82) is 0 Å². The van der Waals surface area contributed by atoms with Crippen molar-refractivity contribution < 1.29 is 12.8 Å². The van der Waals surface area contributed by atoms with Gasteiger partial charge in [-0.2, -0.15) is 0 Å². The summed E-state index contributed by atoms with van der Waals surface area (Å²) in [7, 11) is -2.25. The van der Waals surface area contributed by atoms with Crippen molar-refractivity contribution in [2.45, 2.75) is 43.4 Å². The first-order valence-electron chi connectivity index (χ1n) is 10.1. The van der Waals surface area contributed by atoms with Crippen molar-refractivity contribution in [3.05, 3.63) is 53.8 Å². The Bertz CT molecular complexity index is 1140. The molecule has 9 heteroatoms. The molecule has 1 heterocycles. The monoisotopic (exact) mass is 429 g/mol. The summed E-state index contributed by atoms with van der Waals surface area (Å²) < 4.78 is 41.1. The van der Waals surface area contributed by atoms with E-state index in [4.69, 9.17) is 0 Å². The second-order valence-electron chi connectivity index (χ2n) is 7.59. The maximum absolute atomic E-state index is 14.1. The SMILES string of the molecule is CNS(=O)(=O)c1ccc(CC2CCCCC2)c(-c2nnn(-c3ccccc3F)n2)c1. The number of hydrogen-bond acceptors (Lipinski definition) is 5. The molecule has 1 fully saturated rings. The fraction of sp³-hybridized carbons (Fsp3) is 0.381. The van der Waals surface area contributed by atoms with Crippen LogP contribution in [0, 0.1) is 11.7 Å². The first-order chi connectivity index (χ1) is 14.5. The smallest absolute Gasteiger partial charge is 0.214 e. The molecule has 4 rings (SSSR count). The average Bonchev–Trinajstić information content (AvgIpc) is 3.25. The summed E-state index contributed by atoms with van der Waals surface area (Å²) in [4.78, 5) is 1.27. The lowest BCUT2D eigenvalue weighted by atomic mass is 9.84. The molecular weight excluding hydrogens is 405 g/mol. The van der Waals surface area contributed by atoms with E-state index in [1.165, 1.54) is 32.4 Å². The quantitative estimate of drug-likeness (QED) is 0.648. The standard InChI is InChI=1S/C21H24FN5O2S/c1-23-30(28,29)17-12-11-16(13-15-7-3-2-4-8-15)18(14-17)21-24-26-27(25-21)20-10-6-5-9-19(20)22/h5-6,9-12,14-15,23H,2-4,7-8,13H2,1H3. The molecule has 0 amide bonds. The van der Waals surface area contributed by atoms with Crippen molar-refractivity contribution in [3.8, 4) is 17.1 Å². The third-order valence-corrected chi connectivity index (χ3v) is 7.03. The third-order valence-electron chi connectivity index (χ3n) is 5.62. The van der Waals surface area contributed by atoms with Gasteiger partial charge >= 0.3 is 0 Å². The molecular formula is C21H24FN5O2S. The normalized spacial score (nSPS) is 15.4. The molecule has 0 atom stereocenters. The molecule has 0 bridgehead atoms. The van der Waals surface area contributed by atoms with Crippen LogP contribution in [0.15, 0.2) is 47.4 Å². The van der Waals surface area contributed by atoms with E-state index >= 15 is 0 Å². The van der Waals surface area contributed by atoms with E-state index < -0.39 is 15.8 Å². The van der Waals surface area contributed by atoms with E-state index in [2.05, 4.69) is 20.1 Å². The highest BCUT2D eigenvalue weighted by molar-refractivity contribution is 7.89. The van der Waals surface area contributed by atoms with E-state index in [9.17, 15) is 12.8 Å². The van der Waals surface area contributed by atoms with E-state index in [-0.39, 0.29) is 16.4 Å². The second kappa shape index (κ2) is 8.61. The number of rotatable bonds is 6. The van der Waals surface area contributed by atoms with Gasteiger partial charge in [-0.3, -0.25) is 0 Å². The molecule has 30 heavy (non-hydrogen) atoms. The maximum Gasteiger partial charge on any atom is 0.240 e. The number of para-hydroxylation sites is 1. The van der Waals surface area contributed by atoms with Crippen molar-refractivity contribution in [1.82, 2.24) is 24.9 Å². The Hall–Kier alpha value is -2.65. The minimum absolute atomic E-state index is 0.134. The number of benzene rings is 2. The van der Waals surface area contributed by atoms with Crippen LogP contribution in [0.3, 0.4) is 0 Å². The fourth-order valence-corrected chi connectivity index (χ4v) is 4.72. The lowest BCUT2D eigenvalue weighted by Gasteiger charge is -2.22. The predicted molar refractivity (Wildman–Crippen MR) is 111 cm³/mol.